The van der Waals surface area contributed by atoms with Crippen LogP contribution in [0.15, 0.2) is 20.8 Å². The van der Waals surface area contributed by atoms with Crippen molar-refractivity contribution in [3.63, 3.8) is 0 Å². The van der Waals surface area contributed by atoms with Gasteiger partial charge in [0.1, 0.15) is 0 Å². The number of nitrogens with one attached hydrogen (secondary N) is 1. The molecule has 0 aliphatic heterocycles. The van der Waals surface area contributed by atoms with Crippen molar-refractivity contribution in [2.45, 2.75) is 41.6 Å². The minimum atomic E-state index is -0.445. The van der Waals surface area contributed by atoms with Crippen LogP contribution in [0, 0.1) is 13.8 Å². The summed E-state index contributed by atoms with van der Waals surface area (Å²) in [5.74, 6) is 0.265. The first-order valence-electron chi connectivity index (χ1n) is 7.83. The highest BCUT2D eigenvalue weighted by Crippen LogP contribution is 2.33. The number of Topliss-reactive ketones (excluding diaryl/α,β-unsaturated/α-hetero) is 1. The van der Waals surface area contributed by atoms with Crippen molar-refractivity contribution in [2.75, 3.05) is 12.9 Å². The van der Waals surface area contributed by atoms with Crippen molar-refractivity contribution < 1.29 is 14.3 Å². The number of aryl methyl sites for hydroxylation is 1. The second-order valence-corrected chi connectivity index (χ2v) is 9.61. The summed E-state index contributed by atoms with van der Waals surface area (Å²) >= 11 is 4.41. The number of ketones is 1. The largest absolute Gasteiger partial charge is 0.465 e. The number of nitrogens with zero attached hydrogens (tertiary/aromatic N) is 2. The molecule has 1 atom stereocenters. The third-order valence-electron chi connectivity index (χ3n) is 3.55. The molecular weight excluding hydrogens is 390 g/mol. The number of esters is 1. The highest BCUT2D eigenvalue weighted by atomic mass is 32.2. The Bertz CT molecular complexity index is 842. The van der Waals surface area contributed by atoms with Crippen LogP contribution in [0.5, 0.6) is 0 Å². The summed E-state index contributed by atoms with van der Waals surface area (Å²) in [6, 6.07) is 0. The maximum atomic E-state index is 12.8. The molecule has 0 radical (unpaired) electrons. The predicted molar refractivity (Wildman–Crippen MR) is 107 cm³/mol. The lowest BCUT2D eigenvalue weighted by Crippen LogP contribution is -2.15. The number of ether oxygens (including phenoxy) is 1. The molecule has 0 spiro atoms. The second kappa shape index (κ2) is 8.88. The van der Waals surface area contributed by atoms with Gasteiger partial charge in [-0.3, -0.25) is 4.79 Å². The minimum absolute atomic E-state index is 0.0860. The monoisotopic (exact) mass is 411 g/mol. The molecule has 0 aliphatic rings. The Hall–Kier alpha value is -1.58. The topological polar surface area (TPSA) is 84.9 Å². The molecule has 2 heterocycles. The maximum absolute atomic E-state index is 12.8. The Morgan fingerprint density at radius 1 is 1.31 bits per heavy atom. The number of rotatable bonds is 8. The normalized spacial score (nSPS) is 12.0. The van der Waals surface area contributed by atoms with Gasteiger partial charge in [-0.15, -0.1) is 10.2 Å². The summed E-state index contributed by atoms with van der Waals surface area (Å²) in [7, 11) is 1.33. The van der Waals surface area contributed by atoms with Crippen molar-refractivity contribution >= 4 is 46.6 Å². The van der Waals surface area contributed by atoms with Crippen molar-refractivity contribution in [1.29, 1.82) is 0 Å². The standard InChI is InChI=1S/C17H21N3O3S3/c1-8(2)7-24-16-19-20-17(26-16)25-11(5)14(21)13-9(3)12(10(4)18-13)15(22)23-6/h11,18H,1,7H2,2-6H3/t11-/m0/s1. The molecule has 0 unspecified atom stereocenters. The van der Waals surface area contributed by atoms with Crippen LogP contribution in [0.25, 0.3) is 0 Å². The average Bonchev–Trinajstić information content (AvgIpc) is 3.15. The number of methoxy groups -OCH3 is 1. The molecule has 0 bridgehead atoms. The molecule has 6 nitrogen and oxygen atoms in total. The summed E-state index contributed by atoms with van der Waals surface area (Å²) in [6.07, 6.45) is 0. The van der Waals surface area contributed by atoms with Crippen molar-refractivity contribution in [1.82, 2.24) is 15.2 Å². The van der Waals surface area contributed by atoms with Gasteiger partial charge in [0.25, 0.3) is 0 Å². The van der Waals surface area contributed by atoms with E-state index < -0.39 is 5.97 Å². The lowest BCUT2D eigenvalue weighted by atomic mass is 10.1. The Kier molecular flexibility index (Phi) is 7.08. The molecule has 0 aliphatic carbocycles. The van der Waals surface area contributed by atoms with Crippen LogP contribution in [0.3, 0.4) is 0 Å². The van der Waals surface area contributed by atoms with Gasteiger partial charge in [0.05, 0.1) is 23.6 Å². The van der Waals surface area contributed by atoms with Gasteiger partial charge in [0.15, 0.2) is 14.5 Å². The first kappa shape index (κ1) is 20.7. The summed E-state index contributed by atoms with van der Waals surface area (Å²) < 4.78 is 6.39. The number of thioether (sulfide) groups is 2. The molecule has 0 fully saturated rings. The molecule has 9 heteroatoms. The van der Waals surface area contributed by atoms with E-state index in [4.69, 9.17) is 4.74 Å². The van der Waals surface area contributed by atoms with E-state index in [0.717, 1.165) is 20.0 Å². The van der Waals surface area contributed by atoms with Crippen molar-refractivity contribution in [2.24, 2.45) is 0 Å². The van der Waals surface area contributed by atoms with Gasteiger partial charge in [-0.2, -0.15) is 0 Å². The molecule has 140 valence electrons. The molecule has 2 rings (SSSR count). The summed E-state index contributed by atoms with van der Waals surface area (Å²) in [5.41, 5.74) is 3.17. The van der Waals surface area contributed by atoms with Crippen LogP contribution in [-0.2, 0) is 4.74 Å². The molecule has 26 heavy (non-hydrogen) atoms. The quantitative estimate of drug-likeness (QED) is 0.300. The van der Waals surface area contributed by atoms with Gasteiger partial charge in [-0.05, 0) is 33.3 Å². The summed E-state index contributed by atoms with van der Waals surface area (Å²) in [5, 5.41) is 7.92. The van der Waals surface area contributed by atoms with Crippen LogP contribution >= 0.6 is 34.9 Å². The molecule has 2 aromatic heterocycles. The van der Waals surface area contributed by atoms with E-state index in [-0.39, 0.29) is 11.0 Å². The lowest BCUT2D eigenvalue weighted by Gasteiger charge is -2.07. The number of hydrogen-bond donors (Lipinski definition) is 1. The fourth-order valence-electron chi connectivity index (χ4n) is 2.30. The number of carbonyl (C=O) groups excluding carboxylic acids is 2. The van der Waals surface area contributed by atoms with Crippen LogP contribution in [-0.4, -0.2) is 45.0 Å². The lowest BCUT2D eigenvalue weighted by molar-refractivity contribution is 0.0599. The number of hydrogen-bond acceptors (Lipinski definition) is 8. The highest BCUT2D eigenvalue weighted by Gasteiger charge is 2.26. The Balaban J connectivity index is 2.11. The van der Waals surface area contributed by atoms with E-state index in [1.165, 1.54) is 30.2 Å². The van der Waals surface area contributed by atoms with E-state index in [1.807, 2.05) is 13.8 Å². The van der Waals surface area contributed by atoms with Crippen molar-refractivity contribution in [3.8, 4) is 0 Å². The number of H-pyrrole nitrogens is 1. The van der Waals surface area contributed by atoms with Gasteiger partial charge < -0.3 is 9.72 Å². The molecular formula is C17H21N3O3S3. The van der Waals surface area contributed by atoms with Crippen LogP contribution in [0.2, 0.25) is 0 Å². The fraction of sp³-hybridized carbons (Fsp3) is 0.412. The van der Waals surface area contributed by atoms with E-state index in [1.54, 1.807) is 25.6 Å². The van der Waals surface area contributed by atoms with E-state index >= 15 is 0 Å². The summed E-state index contributed by atoms with van der Waals surface area (Å²) in [6.45, 7) is 11.2. The Labute approximate surface area is 165 Å². The zero-order chi connectivity index (χ0) is 19.4. The molecule has 1 N–H and O–H groups in total. The SMILES string of the molecule is C=C(C)CSc1nnc(S[C@@H](C)C(=O)c2[nH]c(C)c(C(=O)OC)c2C)s1. The van der Waals surface area contributed by atoms with Gasteiger partial charge in [0, 0.05) is 11.4 Å². The minimum Gasteiger partial charge on any atom is -0.465 e. The van der Waals surface area contributed by atoms with E-state index in [2.05, 4.69) is 21.8 Å². The van der Waals surface area contributed by atoms with Crippen LogP contribution in [0.4, 0.5) is 0 Å². The van der Waals surface area contributed by atoms with Crippen LogP contribution in [0.1, 0.15) is 46.0 Å². The Morgan fingerprint density at radius 3 is 2.58 bits per heavy atom. The van der Waals surface area contributed by atoms with Gasteiger partial charge in [-0.25, -0.2) is 4.79 Å². The zero-order valence-electron chi connectivity index (χ0n) is 15.3. The number of carbonyl (C=O) groups is 2. The highest BCUT2D eigenvalue weighted by molar-refractivity contribution is 8.04. The number of aromatic amines is 1. The van der Waals surface area contributed by atoms with Gasteiger partial charge >= 0.3 is 5.97 Å². The maximum Gasteiger partial charge on any atom is 0.339 e. The van der Waals surface area contributed by atoms with Crippen LogP contribution < -0.4 is 0 Å². The summed E-state index contributed by atoms with van der Waals surface area (Å²) in [4.78, 5) is 27.7. The molecule has 0 saturated carbocycles. The average molecular weight is 412 g/mol. The first-order chi connectivity index (χ1) is 12.2. The second-order valence-electron chi connectivity index (χ2n) is 5.82. The molecule has 0 saturated heterocycles. The molecule has 0 aromatic carbocycles. The smallest absolute Gasteiger partial charge is 0.339 e. The Morgan fingerprint density at radius 2 is 1.96 bits per heavy atom. The van der Waals surface area contributed by atoms with E-state index in [9.17, 15) is 9.59 Å². The van der Waals surface area contributed by atoms with Crippen molar-refractivity contribution in [3.05, 3.63) is 34.7 Å². The predicted octanol–water partition coefficient (Wildman–Crippen LogP) is 4.30. The molecule has 2 aromatic rings. The van der Waals surface area contributed by atoms with Gasteiger partial charge in [-0.1, -0.05) is 47.0 Å². The zero-order valence-corrected chi connectivity index (χ0v) is 17.8. The third-order valence-corrected chi connectivity index (χ3v) is 7.02. The van der Waals surface area contributed by atoms with Gasteiger partial charge in [0.2, 0.25) is 0 Å². The van der Waals surface area contributed by atoms with E-state index in [0.29, 0.717) is 22.5 Å². The molecule has 0 amide bonds. The number of aromatic nitrogens is 3. The third kappa shape index (κ3) is 4.77. The fourth-order valence-corrected chi connectivity index (χ4v) is 5.37. The first-order valence-corrected chi connectivity index (χ1v) is 10.5.